The van der Waals surface area contributed by atoms with Crippen molar-refractivity contribution < 1.29 is 22.3 Å². The zero-order chi connectivity index (χ0) is 21.6. The quantitative estimate of drug-likeness (QED) is 0.618. The van der Waals surface area contributed by atoms with Crippen LogP contribution in [0.25, 0.3) is 5.65 Å². The van der Waals surface area contributed by atoms with Gasteiger partial charge < -0.3 is 15.0 Å². The molecule has 2 aliphatic rings. The standard InChI is InChI=1S/C20H20F4N6O/c21-14-8-25-6-5-15(14)29-9-12-3-4-13(10-29)17(12)26-19-27-18-16(31-11-20(22,23)24)2-1-7-30(18)28-19/h1-2,5-8,12-13,17H,3-4,9-11H2,(H,26,28). The van der Waals surface area contributed by atoms with Gasteiger partial charge in [0.25, 0.3) is 0 Å². The molecule has 5 rings (SSSR count). The molecule has 1 saturated heterocycles. The number of hydrogen-bond donors (Lipinski definition) is 1. The highest BCUT2D eigenvalue weighted by Gasteiger charge is 2.43. The Hall–Kier alpha value is -3.11. The van der Waals surface area contributed by atoms with E-state index >= 15 is 0 Å². The molecule has 1 N–H and O–H groups in total. The molecule has 0 aromatic carbocycles. The van der Waals surface area contributed by atoms with Crippen LogP contribution >= 0.6 is 0 Å². The van der Waals surface area contributed by atoms with Crippen molar-refractivity contribution in [3.63, 3.8) is 0 Å². The smallest absolute Gasteiger partial charge is 0.422 e. The van der Waals surface area contributed by atoms with Gasteiger partial charge in [-0.15, -0.1) is 5.10 Å². The Kier molecular flexibility index (Phi) is 4.82. The van der Waals surface area contributed by atoms with Crippen LogP contribution in [0.4, 0.5) is 29.2 Å². The Morgan fingerprint density at radius 1 is 1.16 bits per heavy atom. The lowest BCUT2D eigenvalue weighted by Crippen LogP contribution is -2.48. The molecule has 4 heterocycles. The van der Waals surface area contributed by atoms with E-state index in [0.29, 0.717) is 24.7 Å². The summed E-state index contributed by atoms with van der Waals surface area (Å²) in [6.45, 7) is 0.00129. The molecule has 31 heavy (non-hydrogen) atoms. The van der Waals surface area contributed by atoms with E-state index in [0.717, 1.165) is 12.8 Å². The van der Waals surface area contributed by atoms with E-state index in [1.165, 1.54) is 16.8 Å². The van der Waals surface area contributed by atoms with Crippen molar-refractivity contribution in [3.05, 3.63) is 42.6 Å². The van der Waals surface area contributed by atoms with Crippen LogP contribution in [0.5, 0.6) is 5.75 Å². The van der Waals surface area contributed by atoms with Crippen LogP contribution < -0.4 is 15.0 Å². The summed E-state index contributed by atoms with van der Waals surface area (Å²) in [5.41, 5.74) is 0.778. The number of nitrogens with zero attached hydrogens (tertiary/aromatic N) is 5. The molecule has 3 aromatic heterocycles. The fourth-order valence-corrected chi connectivity index (χ4v) is 4.64. The van der Waals surface area contributed by atoms with Gasteiger partial charge in [-0.05, 0) is 42.9 Å². The minimum atomic E-state index is -4.44. The highest BCUT2D eigenvalue weighted by Crippen LogP contribution is 2.40. The second-order valence-electron chi connectivity index (χ2n) is 7.98. The van der Waals surface area contributed by atoms with E-state index in [4.69, 9.17) is 4.74 Å². The lowest BCUT2D eigenvalue weighted by atomic mass is 9.92. The normalized spacial score (nSPS) is 23.4. The maximum Gasteiger partial charge on any atom is 0.422 e. The summed E-state index contributed by atoms with van der Waals surface area (Å²) in [6, 6.07) is 4.79. The first-order valence-electron chi connectivity index (χ1n) is 10.0. The highest BCUT2D eigenvalue weighted by molar-refractivity contribution is 5.56. The van der Waals surface area contributed by atoms with Crippen LogP contribution in [0, 0.1) is 17.7 Å². The lowest BCUT2D eigenvalue weighted by Gasteiger charge is -2.39. The number of hydrogen-bond acceptors (Lipinski definition) is 6. The van der Waals surface area contributed by atoms with E-state index in [2.05, 4.69) is 25.3 Å². The number of halogens is 4. The van der Waals surface area contributed by atoms with Crippen LogP contribution in [0.2, 0.25) is 0 Å². The van der Waals surface area contributed by atoms with Gasteiger partial charge in [-0.3, -0.25) is 4.98 Å². The summed E-state index contributed by atoms with van der Waals surface area (Å²) in [6.07, 6.45) is 1.98. The Balaban J connectivity index is 1.32. The van der Waals surface area contributed by atoms with Gasteiger partial charge in [-0.1, -0.05) is 0 Å². The minimum absolute atomic E-state index is 0.0197. The van der Waals surface area contributed by atoms with Gasteiger partial charge in [0.1, 0.15) is 0 Å². The molecule has 0 amide bonds. The molecule has 1 saturated carbocycles. The maximum atomic E-state index is 14.2. The van der Waals surface area contributed by atoms with Crippen LogP contribution in [0.3, 0.4) is 0 Å². The van der Waals surface area contributed by atoms with Crippen molar-refractivity contribution in [2.24, 2.45) is 11.8 Å². The first-order chi connectivity index (χ1) is 14.9. The summed E-state index contributed by atoms with van der Waals surface area (Å²) in [5, 5.41) is 7.72. The third-order valence-corrected chi connectivity index (χ3v) is 5.94. The molecule has 2 unspecified atom stereocenters. The van der Waals surface area contributed by atoms with Gasteiger partial charge in [0, 0.05) is 31.5 Å². The van der Waals surface area contributed by atoms with Crippen molar-refractivity contribution >= 4 is 17.3 Å². The van der Waals surface area contributed by atoms with E-state index in [1.54, 1.807) is 24.5 Å². The SMILES string of the molecule is Fc1cnccc1N1CC2CCC(C1)C2Nc1nc2c(OCC(F)(F)F)cccn2n1. The number of rotatable bonds is 5. The maximum absolute atomic E-state index is 14.2. The molecule has 0 radical (unpaired) electrons. The molecule has 0 spiro atoms. The van der Waals surface area contributed by atoms with Crippen molar-refractivity contribution in [1.82, 2.24) is 19.6 Å². The topological polar surface area (TPSA) is 67.6 Å². The van der Waals surface area contributed by atoms with Crippen LogP contribution in [-0.2, 0) is 0 Å². The molecule has 164 valence electrons. The third-order valence-electron chi connectivity index (χ3n) is 5.94. The molecular formula is C20H20F4N6O. The Bertz CT molecular complexity index is 1070. The number of anilines is 2. The van der Waals surface area contributed by atoms with Crippen molar-refractivity contribution in [2.75, 3.05) is 29.9 Å². The Morgan fingerprint density at radius 3 is 2.65 bits per heavy atom. The van der Waals surface area contributed by atoms with Gasteiger partial charge in [-0.25, -0.2) is 8.91 Å². The number of ether oxygens (including phenoxy) is 1. The van der Waals surface area contributed by atoms with Crippen LogP contribution in [0.15, 0.2) is 36.8 Å². The second kappa shape index (κ2) is 7.54. The predicted octanol–water partition coefficient (Wildman–Crippen LogP) is 3.53. The molecule has 2 atom stereocenters. The third kappa shape index (κ3) is 3.96. The lowest BCUT2D eigenvalue weighted by molar-refractivity contribution is -0.153. The first-order valence-corrected chi connectivity index (χ1v) is 10.0. The summed E-state index contributed by atoms with van der Waals surface area (Å²) in [5.74, 6) is 0.583. The van der Waals surface area contributed by atoms with Gasteiger partial charge in [0.15, 0.2) is 23.8 Å². The van der Waals surface area contributed by atoms with Gasteiger partial charge in [0.05, 0.1) is 11.9 Å². The van der Waals surface area contributed by atoms with E-state index in [-0.39, 0.29) is 35.1 Å². The number of pyridine rings is 2. The van der Waals surface area contributed by atoms with Crippen LogP contribution in [-0.4, -0.2) is 51.5 Å². The van der Waals surface area contributed by atoms with Crippen molar-refractivity contribution in [3.8, 4) is 5.75 Å². The molecule has 1 aliphatic heterocycles. The Morgan fingerprint density at radius 2 is 1.94 bits per heavy atom. The zero-order valence-corrected chi connectivity index (χ0v) is 16.4. The molecule has 1 aliphatic carbocycles. The average Bonchev–Trinajstić information content (AvgIpc) is 3.23. The van der Waals surface area contributed by atoms with E-state index in [9.17, 15) is 17.6 Å². The number of fused-ring (bicyclic) bond motifs is 3. The monoisotopic (exact) mass is 436 g/mol. The van der Waals surface area contributed by atoms with Gasteiger partial charge >= 0.3 is 6.18 Å². The largest absolute Gasteiger partial charge is 0.480 e. The fraction of sp³-hybridized carbons (Fsp3) is 0.450. The van der Waals surface area contributed by atoms with Crippen molar-refractivity contribution in [2.45, 2.75) is 25.1 Å². The molecular weight excluding hydrogens is 416 g/mol. The average molecular weight is 436 g/mol. The predicted molar refractivity (Wildman–Crippen MR) is 105 cm³/mol. The van der Waals surface area contributed by atoms with E-state index < -0.39 is 12.8 Å². The number of aromatic nitrogens is 4. The summed E-state index contributed by atoms with van der Waals surface area (Å²) in [4.78, 5) is 10.2. The van der Waals surface area contributed by atoms with Gasteiger partial charge in [-0.2, -0.15) is 18.2 Å². The number of nitrogens with one attached hydrogen (secondary N) is 1. The Labute approximate surface area is 175 Å². The van der Waals surface area contributed by atoms with Crippen molar-refractivity contribution in [1.29, 1.82) is 0 Å². The summed E-state index contributed by atoms with van der Waals surface area (Å²) in [7, 11) is 0. The number of piperidine rings is 1. The molecule has 11 heteroatoms. The molecule has 2 bridgehead atoms. The van der Waals surface area contributed by atoms with Gasteiger partial charge in [0.2, 0.25) is 5.95 Å². The summed E-state index contributed by atoms with van der Waals surface area (Å²) < 4.78 is 58.0. The second-order valence-corrected chi connectivity index (χ2v) is 7.98. The molecule has 2 fully saturated rings. The van der Waals surface area contributed by atoms with Crippen LogP contribution in [0.1, 0.15) is 12.8 Å². The molecule has 7 nitrogen and oxygen atoms in total. The fourth-order valence-electron chi connectivity index (χ4n) is 4.64. The minimum Gasteiger partial charge on any atom is -0.480 e. The zero-order valence-electron chi connectivity index (χ0n) is 16.4. The molecule has 3 aromatic rings. The first kappa shape index (κ1) is 19.8. The highest BCUT2D eigenvalue weighted by atomic mass is 19.4. The summed E-state index contributed by atoms with van der Waals surface area (Å²) >= 11 is 0. The number of alkyl halides is 3. The van der Waals surface area contributed by atoms with E-state index in [1.807, 2.05) is 0 Å².